The van der Waals surface area contributed by atoms with Crippen molar-refractivity contribution in [2.24, 2.45) is 0 Å². The average Bonchev–Trinajstić information content (AvgIpc) is 2.75. The van der Waals surface area contributed by atoms with E-state index in [1.165, 1.54) is 12.3 Å². The first-order valence-electron chi connectivity index (χ1n) is 9.88. The molecule has 0 aliphatic rings. The zero-order chi connectivity index (χ0) is 21.3. The van der Waals surface area contributed by atoms with E-state index in [1.807, 2.05) is 61.5 Å². The average molecular weight is 406 g/mol. The van der Waals surface area contributed by atoms with Crippen LogP contribution in [-0.4, -0.2) is 22.1 Å². The summed E-state index contributed by atoms with van der Waals surface area (Å²) in [4.78, 5) is 24.6. The lowest BCUT2D eigenvalue weighted by Gasteiger charge is -2.14. The van der Waals surface area contributed by atoms with Crippen LogP contribution in [0.5, 0.6) is 5.75 Å². The van der Waals surface area contributed by atoms with Gasteiger partial charge in [0.1, 0.15) is 13.2 Å². The number of hydrogen-bond donors (Lipinski definition) is 2. The minimum atomic E-state index is -0.342. The molecule has 0 radical (unpaired) electrons. The van der Waals surface area contributed by atoms with Crippen molar-refractivity contribution in [3.8, 4) is 5.75 Å². The fourth-order valence-electron chi connectivity index (χ4n) is 3.03. The minimum absolute atomic E-state index is 0.00808. The van der Waals surface area contributed by atoms with E-state index >= 15 is 0 Å². The molecule has 2 N–H and O–H groups in total. The second-order valence-corrected chi connectivity index (χ2v) is 7.14. The minimum Gasteiger partial charge on any atom is -0.483 e. The van der Waals surface area contributed by atoms with Gasteiger partial charge in [-0.2, -0.15) is 0 Å². The molecule has 3 rings (SSSR count). The highest BCUT2D eigenvalue weighted by molar-refractivity contribution is 5.75. The number of rotatable bonds is 9. The zero-order valence-electron chi connectivity index (χ0n) is 17.0. The lowest BCUT2D eigenvalue weighted by Crippen LogP contribution is -2.30. The molecule has 30 heavy (non-hydrogen) atoms. The summed E-state index contributed by atoms with van der Waals surface area (Å²) in [5.41, 5.74) is 3.26. The number of nitrogens with zero attached hydrogens (tertiary/aromatic N) is 1. The first-order chi connectivity index (χ1) is 14.5. The second kappa shape index (κ2) is 10.4. The number of carbonyl (C=O) groups is 1. The Balaban J connectivity index is 1.62. The van der Waals surface area contributed by atoms with Gasteiger partial charge in [0, 0.05) is 18.3 Å². The Bertz CT molecular complexity index is 1030. The van der Waals surface area contributed by atoms with Crippen LogP contribution in [0.25, 0.3) is 0 Å². The molecule has 0 aliphatic carbocycles. The number of aliphatic hydroxyl groups is 1. The molecule has 0 atom stereocenters. The summed E-state index contributed by atoms with van der Waals surface area (Å²) < 4.78 is 7.22. The lowest BCUT2D eigenvalue weighted by atomic mass is 10.1. The van der Waals surface area contributed by atoms with E-state index in [9.17, 15) is 14.7 Å². The first kappa shape index (κ1) is 21.3. The number of aromatic nitrogens is 1. The van der Waals surface area contributed by atoms with E-state index in [-0.39, 0.29) is 36.8 Å². The number of hydrogen-bond acceptors (Lipinski definition) is 4. The standard InChI is InChI=1S/C24H26N2O4/c1-18-7-9-20(10-8-18)17-30-23-14-26(21(16-27)13-22(23)28)15-24(29)25-12-11-19-5-3-2-4-6-19/h2-10,13-14,27H,11-12,15-17H2,1H3,(H,25,29). The summed E-state index contributed by atoms with van der Waals surface area (Å²) in [6, 6.07) is 19.0. The van der Waals surface area contributed by atoms with Crippen LogP contribution in [0.4, 0.5) is 0 Å². The van der Waals surface area contributed by atoms with Crippen LogP contribution in [0, 0.1) is 6.92 Å². The Hall–Kier alpha value is -3.38. The monoisotopic (exact) mass is 406 g/mol. The molecule has 1 heterocycles. The normalized spacial score (nSPS) is 10.6. The molecular formula is C24H26N2O4. The van der Waals surface area contributed by atoms with Crippen molar-refractivity contribution in [1.29, 1.82) is 0 Å². The highest BCUT2D eigenvalue weighted by Crippen LogP contribution is 2.11. The van der Waals surface area contributed by atoms with Gasteiger partial charge in [0.25, 0.3) is 0 Å². The van der Waals surface area contributed by atoms with Gasteiger partial charge in [-0.1, -0.05) is 60.2 Å². The summed E-state index contributed by atoms with van der Waals surface area (Å²) in [6.07, 6.45) is 2.22. The molecule has 156 valence electrons. The fraction of sp³-hybridized carbons (Fsp3) is 0.250. The van der Waals surface area contributed by atoms with Gasteiger partial charge in [-0.05, 0) is 24.5 Å². The van der Waals surface area contributed by atoms with Gasteiger partial charge >= 0.3 is 0 Å². The maximum atomic E-state index is 12.3. The van der Waals surface area contributed by atoms with Crippen LogP contribution >= 0.6 is 0 Å². The first-order valence-corrected chi connectivity index (χ1v) is 9.88. The van der Waals surface area contributed by atoms with E-state index < -0.39 is 0 Å². The lowest BCUT2D eigenvalue weighted by molar-refractivity contribution is -0.121. The molecule has 1 amide bonds. The number of aliphatic hydroxyl groups excluding tert-OH is 1. The smallest absolute Gasteiger partial charge is 0.239 e. The van der Waals surface area contributed by atoms with Crippen molar-refractivity contribution in [3.05, 3.63) is 99.5 Å². The van der Waals surface area contributed by atoms with E-state index in [0.29, 0.717) is 12.2 Å². The highest BCUT2D eigenvalue weighted by atomic mass is 16.5. The molecule has 0 spiro atoms. The fourth-order valence-corrected chi connectivity index (χ4v) is 3.03. The molecule has 1 aromatic heterocycles. The van der Waals surface area contributed by atoms with Crippen LogP contribution in [0.1, 0.15) is 22.4 Å². The number of ether oxygens (including phenoxy) is 1. The van der Waals surface area contributed by atoms with Crippen molar-refractivity contribution in [2.45, 2.75) is 33.1 Å². The van der Waals surface area contributed by atoms with Gasteiger partial charge in [-0.3, -0.25) is 9.59 Å². The second-order valence-electron chi connectivity index (χ2n) is 7.14. The van der Waals surface area contributed by atoms with Gasteiger partial charge in [-0.15, -0.1) is 0 Å². The Morgan fingerprint density at radius 2 is 1.80 bits per heavy atom. The number of carbonyl (C=O) groups excluding carboxylic acids is 1. The molecule has 0 saturated carbocycles. The molecule has 6 nitrogen and oxygen atoms in total. The van der Waals surface area contributed by atoms with Crippen molar-refractivity contribution in [1.82, 2.24) is 9.88 Å². The van der Waals surface area contributed by atoms with E-state index in [0.717, 1.165) is 23.1 Å². The van der Waals surface area contributed by atoms with Gasteiger partial charge in [0.05, 0.1) is 12.8 Å². The van der Waals surface area contributed by atoms with Gasteiger partial charge in [0.15, 0.2) is 5.75 Å². The maximum absolute atomic E-state index is 12.3. The van der Waals surface area contributed by atoms with Gasteiger partial charge in [-0.25, -0.2) is 0 Å². The third kappa shape index (κ3) is 6.06. The SMILES string of the molecule is Cc1ccc(COc2cn(CC(=O)NCCc3ccccc3)c(CO)cc2=O)cc1. The Kier molecular flexibility index (Phi) is 7.40. The zero-order valence-corrected chi connectivity index (χ0v) is 17.0. The predicted molar refractivity (Wildman–Crippen MR) is 115 cm³/mol. The van der Waals surface area contributed by atoms with E-state index in [4.69, 9.17) is 4.74 Å². The molecule has 0 bridgehead atoms. The maximum Gasteiger partial charge on any atom is 0.239 e. The summed E-state index contributed by atoms with van der Waals surface area (Å²) in [5, 5.41) is 12.4. The Morgan fingerprint density at radius 3 is 2.50 bits per heavy atom. The molecule has 0 fully saturated rings. The van der Waals surface area contributed by atoms with Crippen LogP contribution in [0.15, 0.2) is 71.7 Å². The number of nitrogens with one attached hydrogen (secondary N) is 1. The number of pyridine rings is 1. The van der Waals surface area contributed by atoms with Crippen molar-refractivity contribution in [2.75, 3.05) is 6.54 Å². The number of amides is 1. The number of aryl methyl sites for hydroxylation is 1. The van der Waals surface area contributed by atoms with Crippen LogP contribution in [0.3, 0.4) is 0 Å². The molecule has 6 heteroatoms. The number of benzene rings is 2. The van der Waals surface area contributed by atoms with E-state index in [1.54, 1.807) is 4.57 Å². The topological polar surface area (TPSA) is 80.6 Å². The third-order valence-corrected chi connectivity index (χ3v) is 4.75. The molecule has 0 saturated heterocycles. The van der Waals surface area contributed by atoms with Crippen molar-refractivity contribution >= 4 is 5.91 Å². The van der Waals surface area contributed by atoms with Crippen LogP contribution in [0.2, 0.25) is 0 Å². The van der Waals surface area contributed by atoms with E-state index in [2.05, 4.69) is 5.32 Å². The molecule has 0 unspecified atom stereocenters. The van der Waals surface area contributed by atoms with Gasteiger partial charge < -0.3 is 19.7 Å². The summed E-state index contributed by atoms with van der Waals surface area (Å²) in [7, 11) is 0. The highest BCUT2D eigenvalue weighted by Gasteiger charge is 2.11. The predicted octanol–water partition coefficient (Wildman–Crippen LogP) is 2.59. The molecular weight excluding hydrogens is 380 g/mol. The summed E-state index contributed by atoms with van der Waals surface area (Å²) in [6.45, 7) is 2.41. The van der Waals surface area contributed by atoms with Crippen LogP contribution < -0.4 is 15.5 Å². The third-order valence-electron chi connectivity index (χ3n) is 4.75. The molecule has 3 aromatic rings. The molecule has 2 aromatic carbocycles. The summed E-state index contributed by atoms with van der Waals surface area (Å²) in [5.74, 6) is -0.0568. The molecule has 0 aliphatic heterocycles. The van der Waals surface area contributed by atoms with Crippen LogP contribution in [-0.2, 0) is 31.0 Å². The Labute approximate surface area is 175 Å². The van der Waals surface area contributed by atoms with Gasteiger partial charge in [0.2, 0.25) is 11.3 Å². The largest absolute Gasteiger partial charge is 0.483 e. The summed E-state index contributed by atoms with van der Waals surface area (Å²) >= 11 is 0. The van der Waals surface area contributed by atoms with Crippen molar-refractivity contribution < 1.29 is 14.6 Å². The van der Waals surface area contributed by atoms with Crippen molar-refractivity contribution in [3.63, 3.8) is 0 Å². The quantitative estimate of drug-likeness (QED) is 0.572. The Morgan fingerprint density at radius 1 is 1.07 bits per heavy atom.